The molecule has 5 nitrogen and oxygen atoms in total. The Kier molecular flexibility index (Phi) is 21.4. The zero-order valence-corrected chi connectivity index (χ0v) is 27.5. The van der Waals surface area contributed by atoms with Gasteiger partial charge in [0.15, 0.2) is 6.29 Å². The van der Waals surface area contributed by atoms with Crippen LogP contribution in [0.3, 0.4) is 0 Å². The summed E-state index contributed by atoms with van der Waals surface area (Å²) in [6.45, 7) is 8.39. The maximum atomic E-state index is 12.4. The summed E-state index contributed by atoms with van der Waals surface area (Å²) in [5.41, 5.74) is 3.71. The predicted octanol–water partition coefficient (Wildman–Crippen LogP) is 10.8. The number of esters is 1. The summed E-state index contributed by atoms with van der Waals surface area (Å²) < 4.78 is 10.9. The SMILES string of the molecule is CCCCCCCCCCCCCCCCCC(=O)OCc1c(C=O)cc(OC)c(C/C=C(\C)CCC=C(C)C)c1O. The third-order valence-corrected chi connectivity index (χ3v) is 7.96. The number of methoxy groups -OCH3 is 1. The fraction of sp³-hybridized carbons (Fsp3) is 0.676. The minimum absolute atomic E-state index is 0.0374. The molecule has 1 rings (SSSR count). The number of benzene rings is 1. The molecule has 0 radical (unpaired) electrons. The van der Waals surface area contributed by atoms with Crippen LogP contribution in [0.4, 0.5) is 0 Å². The second-order valence-electron chi connectivity index (χ2n) is 12.0. The van der Waals surface area contributed by atoms with Crippen molar-refractivity contribution in [2.75, 3.05) is 7.11 Å². The first-order valence-electron chi connectivity index (χ1n) is 16.6. The highest BCUT2D eigenvalue weighted by Crippen LogP contribution is 2.35. The van der Waals surface area contributed by atoms with Crippen molar-refractivity contribution in [1.29, 1.82) is 0 Å². The van der Waals surface area contributed by atoms with Crippen molar-refractivity contribution >= 4 is 12.3 Å². The summed E-state index contributed by atoms with van der Waals surface area (Å²) in [7, 11) is 1.52. The molecule has 0 saturated heterocycles. The summed E-state index contributed by atoms with van der Waals surface area (Å²) in [5, 5.41) is 11.0. The van der Waals surface area contributed by atoms with Crippen LogP contribution in [0.25, 0.3) is 0 Å². The van der Waals surface area contributed by atoms with Gasteiger partial charge in [-0.3, -0.25) is 9.59 Å². The number of phenols is 1. The molecule has 0 fully saturated rings. The Morgan fingerprint density at radius 1 is 0.786 bits per heavy atom. The summed E-state index contributed by atoms with van der Waals surface area (Å²) in [6, 6.07) is 1.62. The van der Waals surface area contributed by atoms with E-state index in [4.69, 9.17) is 9.47 Å². The number of allylic oxidation sites excluding steroid dienone is 4. The second kappa shape index (κ2) is 23.9. The average Bonchev–Trinajstić information content (AvgIpc) is 2.97. The number of carbonyl (C=O) groups excluding carboxylic acids is 2. The minimum Gasteiger partial charge on any atom is -0.507 e. The van der Waals surface area contributed by atoms with Crippen LogP contribution in [0.15, 0.2) is 29.4 Å². The van der Waals surface area contributed by atoms with Gasteiger partial charge in [0.2, 0.25) is 0 Å². The molecule has 0 amide bonds. The fourth-order valence-corrected chi connectivity index (χ4v) is 5.22. The Morgan fingerprint density at radius 3 is 1.83 bits per heavy atom. The quantitative estimate of drug-likeness (QED) is 0.0535. The smallest absolute Gasteiger partial charge is 0.306 e. The number of hydrogen-bond acceptors (Lipinski definition) is 5. The molecule has 1 N–H and O–H groups in total. The van der Waals surface area contributed by atoms with E-state index in [1.807, 2.05) is 0 Å². The van der Waals surface area contributed by atoms with E-state index in [0.717, 1.165) is 32.1 Å². The van der Waals surface area contributed by atoms with Gasteiger partial charge in [0.05, 0.1) is 7.11 Å². The average molecular weight is 585 g/mol. The summed E-state index contributed by atoms with van der Waals surface area (Å²) in [6.07, 6.45) is 26.8. The molecule has 238 valence electrons. The molecule has 1 aromatic carbocycles. The Hall–Kier alpha value is -2.56. The molecule has 0 unspecified atom stereocenters. The number of hydrogen-bond donors (Lipinski definition) is 1. The Balaban J connectivity index is 2.39. The topological polar surface area (TPSA) is 72.8 Å². The number of rotatable bonds is 25. The van der Waals surface area contributed by atoms with Crippen molar-refractivity contribution in [3.8, 4) is 11.5 Å². The van der Waals surface area contributed by atoms with Crippen molar-refractivity contribution in [2.24, 2.45) is 0 Å². The first-order valence-corrected chi connectivity index (χ1v) is 16.6. The first kappa shape index (κ1) is 37.5. The van der Waals surface area contributed by atoms with Crippen LogP contribution in [-0.2, 0) is 22.6 Å². The summed E-state index contributed by atoms with van der Waals surface area (Å²) in [4.78, 5) is 24.1. The number of unbranched alkanes of at least 4 members (excludes halogenated alkanes) is 14. The van der Waals surface area contributed by atoms with Gasteiger partial charge < -0.3 is 14.6 Å². The number of carbonyl (C=O) groups is 2. The summed E-state index contributed by atoms with van der Waals surface area (Å²) in [5.74, 6) is 0.119. The van der Waals surface area contributed by atoms with Crippen LogP contribution in [0, 0.1) is 0 Å². The van der Waals surface area contributed by atoms with Gasteiger partial charge in [-0.25, -0.2) is 0 Å². The van der Waals surface area contributed by atoms with Crippen LogP contribution < -0.4 is 4.74 Å². The van der Waals surface area contributed by atoms with Gasteiger partial charge in [0, 0.05) is 23.1 Å². The molecular weight excluding hydrogens is 524 g/mol. The van der Waals surface area contributed by atoms with Gasteiger partial charge >= 0.3 is 5.97 Å². The Bertz CT molecular complexity index is 955. The molecule has 0 atom stereocenters. The molecule has 42 heavy (non-hydrogen) atoms. The first-order chi connectivity index (χ1) is 20.3. The van der Waals surface area contributed by atoms with E-state index in [0.29, 0.717) is 36.0 Å². The third kappa shape index (κ3) is 16.8. The molecule has 0 saturated carbocycles. The molecule has 0 aromatic heterocycles. The van der Waals surface area contributed by atoms with Crippen LogP contribution in [0.2, 0.25) is 0 Å². The normalized spacial score (nSPS) is 11.4. The van der Waals surface area contributed by atoms with Gasteiger partial charge in [-0.2, -0.15) is 0 Å². The third-order valence-electron chi connectivity index (χ3n) is 7.96. The van der Waals surface area contributed by atoms with Crippen LogP contribution in [0.5, 0.6) is 11.5 Å². The second-order valence-corrected chi connectivity index (χ2v) is 12.0. The summed E-state index contributed by atoms with van der Waals surface area (Å²) >= 11 is 0. The molecule has 1 aromatic rings. The van der Waals surface area contributed by atoms with Crippen molar-refractivity contribution < 1.29 is 24.2 Å². The van der Waals surface area contributed by atoms with E-state index < -0.39 is 0 Å². The Labute approximate surface area is 257 Å². The zero-order chi connectivity index (χ0) is 31.0. The zero-order valence-electron chi connectivity index (χ0n) is 27.5. The van der Waals surface area contributed by atoms with Crippen LogP contribution in [0.1, 0.15) is 165 Å². The maximum Gasteiger partial charge on any atom is 0.306 e. The lowest BCUT2D eigenvalue weighted by Crippen LogP contribution is -2.08. The Morgan fingerprint density at radius 2 is 1.33 bits per heavy atom. The number of aromatic hydroxyl groups is 1. The van der Waals surface area contributed by atoms with E-state index in [1.165, 1.54) is 95.3 Å². The van der Waals surface area contributed by atoms with Gasteiger partial charge in [0.25, 0.3) is 0 Å². The fourth-order valence-electron chi connectivity index (χ4n) is 5.22. The van der Waals surface area contributed by atoms with E-state index in [2.05, 4.69) is 39.8 Å². The van der Waals surface area contributed by atoms with Crippen molar-refractivity contribution in [3.63, 3.8) is 0 Å². The van der Waals surface area contributed by atoms with Gasteiger partial charge in [-0.1, -0.05) is 120 Å². The van der Waals surface area contributed by atoms with E-state index in [-0.39, 0.29) is 23.9 Å². The number of ether oxygens (including phenoxy) is 2. The molecule has 0 bridgehead atoms. The molecular formula is C37H60O5. The lowest BCUT2D eigenvalue weighted by Gasteiger charge is -2.16. The largest absolute Gasteiger partial charge is 0.507 e. The highest BCUT2D eigenvalue weighted by Gasteiger charge is 2.19. The van der Waals surface area contributed by atoms with Crippen LogP contribution in [-0.4, -0.2) is 24.5 Å². The standard InChI is InChI=1S/C37H60O5/c1-6-7-8-9-10-11-12-13-14-15-16-17-18-19-20-24-36(39)42-29-34-32(28-38)27-35(41-5)33(37(34)40)26-25-31(4)23-21-22-30(2)3/h22,25,27-28,40H,6-21,23-24,26,29H2,1-5H3/b31-25+. The van der Waals surface area contributed by atoms with Crippen molar-refractivity contribution in [3.05, 3.63) is 46.1 Å². The van der Waals surface area contributed by atoms with Gasteiger partial charge in [0.1, 0.15) is 18.1 Å². The van der Waals surface area contributed by atoms with Gasteiger partial charge in [-0.05, 0) is 52.5 Å². The molecule has 0 spiro atoms. The lowest BCUT2D eigenvalue weighted by atomic mass is 9.98. The van der Waals surface area contributed by atoms with E-state index in [9.17, 15) is 14.7 Å². The molecule has 0 aliphatic rings. The predicted molar refractivity (Wildman–Crippen MR) is 176 cm³/mol. The van der Waals surface area contributed by atoms with E-state index in [1.54, 1.807) is 6.07 Å². The number of phenolic OH excluding ortho intramolecular Hbond substituents is 1. The monoisotopic (exact) mass is 584 g/mol. The lowest BCUT2D eigenvalue weighted by molar-refractivity contribution is -0.145. The van der Waals surface area contributed by atoms with E-state index >= 15 is 0 Å². The van der Waals surface area contributed by atoms with Crippen molar-refractivity contribution in [2.45, 2.75) is 156 Å². The molecule has 0 heterocycles. The highest BCUT2D eigenvalue weighted by atomic mass is 16.5. The molecule has 0 aliphatic heterocycles. The maximum absolute atomic E-state index is 12.4. The minimum atomic E-state index is -0.298. The molecule has 5 heteroatoms. The highest BCUT2D eigenvalue weighted by molar-refractivity contribution is 5.81. The number of aldehydes is 1. The van der Waals surface area contributed by atoms with Crippen molar-refractivity contribution in [1.82, 2.24) is 0 Å². The molecule has 0 aliphatic carbocycles. The van der Waals surface area contributed by atoms with Crippen LogP contribution >= 0.6 is 0 Å². The van der Waals surface area contributed by atoms with Gasteiger partial charge in [-0.15, -0.1) is 0 Å².